The van der Waals surface area contributed by atoms with Crippen LogP contribution in [-0.2, 0) is 28.5 Å². The molecule has 1 aliphatic heterocycles. The normalized spacial score (nSPS) is 49.6. The smallest absolute Gasteiger partial charge is 0.333 e. The largest absolute Gasteiger partial charge is 0.459 e. The van der Waals surface area contributed by atoms with Crippen LogP contribution in [0.25, 0.3) is 0 Å². The zero-order valence-electron chi connectivity index (χ0n) is 34.4. The molecule has 1 saturated heterocycles. The highest BCUT2D eigenvalue weighted by Crippen LogP contribution is 2.76. The summed E-state index contributed by atoms with van der Waals surface area (Å²) in [7, 11) is 0. The molecular formula is C43H68O11. The van der Waals surface area contributed by atoms with Crippen molar-refractivity contribution in [3.05, 3.63) is 23.3 Å². The number of carbonyl (C=O) groups is 2. The number of fused-ring (bicyclic) bond motifs is 7. The van der Waals surface area contributed by atoms with Crippen LogP contribution < -0.4 is 0 Å². The van der Waals surface area contributed by atoms with Crippen LogP contribution in [0.15, 0.2) is 23.3 Å². The third-order valence-corrected chi connectivity index (χ3v) is 16.7. The van der Waals surface area contributed by atoms with E-state index in [2.05, 4.69) is 40.7 Å². The van der Waals surface area contributed by atoms with Crippen LogP contribution in [0.5, 0.6) is 0 Å². The van der Waals surface area contributed by atoms with Crippen molar-refractivity contribution in [1.82, 2.24) is 0 Å². The first-order valence-corrected chi connectivity index (χ1v) is 20.3. The van der Waals surface area contributed by atoms with Crippen molar-refractivity contribution in [1.29, 1.82) is 0 Å². The Labute approximate surface area is 321 Å². The van der Waals surface area contributed by atoms with Gasteiger partial charge in [0, 0.05) is 12.5 Å². The molecule has 0 unspecified atom stereocenters. The van der Waals surface area contributed by atoms with Gasteiger partial charge in [0.25, 0.3) is 0 Å². The monoisotopic (exact) mass is 760 g/mol. The van der Waals surface area contributed by atoms with Gasteiger partial charge in [-0.05, 0) is 111 Å². The van der Waals surface area contributed by atoms with E-state index in [0.29, 0.717) is 30.3 Å². The van der Waals surface area contributed by atoms with Crippen molar-refractivity contribution in [3.8, 4) is 0 Å². The first-order chi connectivity index (χ1) is 25.0. The van der Waals surface area contributed by atoms with Gasteiger partial charge in [0.05, 0.1) is 30.3 Å². The number of carbonyl (C=O) groups excluding carboxylic acids is 2. The number of hydrogen-bond donors (Lipinski definition) is 5. The molecule has 0 radical (unpaired) electrons. The molecule has 0 aromatic rings. The van der Waals surface area contributed by atoms with Crippen LogP contribution in [0.2, 0.25) is 0 Å². The van der Waals surface area contributed by atoms with Crippen LogP contribution in [0.4, 0.5) is 0 Å². The molecule has 16 atom stereocenters. The van der Waals surface area contributed by atoms with Crippen LogP contribution in [0.1, 0.15) is 121 Å². The Bertz CT molecular complexity index is 1540. The van der Waals surface area contributed by atoms with Gasteiger partial charge in [-0.25, -0.2) is 4.79 Å². The minimum atomic E-state index is -1.62. The molecule has 0 aromatic heterocycles. The predicted molar refractivity (Wildman–Crippen MR) is 200 cm³/mol. The topological polar surface area (TPSA) is 172 Å². The molecule has 306 valence electrons. The summed E-state index contributed by atoms with van der Waals surface area (Å²) in [6, 6.07) is 0. The predicted octanol–water partition coefficient (Wildman–Crippen LogP) is 4.99. The number of allylic oxidation sites excluding steroid dienone is 3. The Morgan fingerprint density at radius 2 is 1.56 bits per heavy atom. The van der Waals surface area contributed by atoms with E-state index in [1.807, 2.05) is 13.8 Å². The maximum absolute atomic E-state index is 13.0. The van der Waals surface area contributed by atoms with Crippen LogP contribution in [0, 0.1) is 50.2 Å². The summed E-state index contributed by atoms with van der Waals surface area (Å²) in [5.74, 6) is -0.890. The van der Waals surface area contributed by atoms with Crippen molar-refractivity contribution in [2.24, 2.45) is 50.2 Å². The fourth-order valence-electron chi connectivity index (χ4n) is 13.2. The lowest BCUT2D eigenvalue weighted by Crippen LogP contribution is -2.73. The Kier molecular flexibility index (Phi) is 10.8. The van der Waals surface area contributed by atoms with Gasteiger partial charge in [0.2, 0.25) is 0 Å². The lowest BCUT2D eigenvalue weighted by molar-refractivity contribution is -0.342. The lowest BCUT2D eigenvalue weighted by atomic mass is 9.33. The van der Waals surface area contributed by atoms with Gasteiger partial charge in [0.1, 0.15) is 24.4 Å². The van der Waals surface area contributed by atoms with Gasteiger partial charge in [-0.1, -0.05) is 66.2 Å². The number of hydrogen-bond acceptors (Lipinski definition) is 11. The summed E-state index contributed by atoms with van der Waals surface area (Å²) in [6.07, 6.45) is -0.755. The second kappa shape index (κ2) is 13.9. The van der Waals surface area contributed by atoms with Crippen LogP contribution in [-0.4, -0.2) is 99.2 Å². The molecule has 0 spiro atoms. The van der Waals surface area contributed by atoms with E-state index in [1.54, 1.807) is 26.8 Å². The molecule has 6 aliphatic rings. The zero-order valence-corrected chi connectivity index (χ0v) is 34.4. The molecule has 1 heterocycles. The van der Waals surface area contributed by atoms with Crippen molar-refractivity contribution in [3.63, 3.8) is 0 Å². The molecule has 5 fully saturated rings. The van der Waals surface area contributed by atoms with Crippen LogP contribution >= 0.6 is 0 Å². The summed E-state index contributed by atoms with van der Waals surface area (Å²) >= 11 is 0. The van der Waals surface area contributed by atoms with Crippen molar-refractivity contribution in [2.45, 2.75) is 176 Å². The van der Waals surface area contributed by atoms with Crippen LogP contribution in [0.3, 0.4) is 0 Å². The van der Waals surface area contributed by atoms with E-state index in [0.717, 1.165) is 32.1 Å². The summed E-state index contributed by atoms with van der Waals surface area (Å²) in [6.45, 7) is 21.3. The zero-order chi connectivity index (χ0) is 40.1. The van der Waals surface area contributed by atoms with E-state index >= 15 is 0 Å². The number of aliphatic hydroxyl groups is 5. The second-order valence-corrected chi connectivity index (χ2v) is 20.0. The van der Waals surface area contributed by atoms with E-state index < -0.39 is 83.8 Å². The molecule has 0 bridgehead atoms. The molecule has 5 N–H and O–H groups in total. The van der Waals surface area contributed by atoms with Gasteiger partial charge >= 0.3 is 11.9 Å². The van der Waals surface area contributed by atoms with Gasteiger partial charge in [-0.3, -0.25) is 4.79 Å². The van der Waals surface area contributed by atoms with Gasteiger partial charge in [-0.15, -0.1) is 0 Å². The van der Waals surface area contributed by atoms with Gasteiger partial charge < -0.3 is 44.5 Å². The first kappa shape index (κ1) is 41.8. The van der Waals surface area contributed by atoms with Crippen molar-refractivity contribution >= 4 is 11.9 Å². The van der Waals surface area contributed by atoms with Gasteiger partial charge in [0.15, 0.2) is 12.4 Å². The van der Waals surface area contributed by atoms with E-state index in [9.17, 15) is 35.1 Å². The fourth-order valence-corrected chi connectivity index (χ4v) is 13.2. The molecule has 0 aromatic carbocycles. The SMILES string of the molecule is C/C=C(/C)C(=O)O[C@@H]1[C@H](O)[C@@H](O)[C@H](O[C@H]2[C@H](OC(C)=O)[C@]3(CO)[C@H](O)C[C@]4(C)C(=CC[C@@H]5[C@@]6(C)CC[C@H](O)C(C)(C)[C@@H]6CC[C@]54C)[C@@H]3CC2(C)C)O[C@@H]1C. The number of ether oxygens (including phenoxy) is 4. The van der Waals surface area contributed by atoms with E-state index in [-0.39, 0.29) is 28.3 Å². The summed E-state index contributed by atoms with van der Waals surface area (Å²) in [5.41, 5.74) is -1.31. The molecule has 11 heteroatoms. The minimum absolute atomic E-state index is 0.00762. The molecule has 0 amide bonds. The average Bonchev–Trinajstić information content (AvgIpc) is 3.08. The lowest BCUT2D eigenvalue weighted by Gasteiger charge is -2.72. The average molecular weight is 761 g/mol. The minimum Gasteiger partial charge on any atom is -0.459 e. The second-order valence-electron chi connectivity index (χ2n) is 20.0. The summed E-state index contributed by atoms with van der Waals surface area (Å²) in [5, 5.41) is 57.9. The number of rotatable bonds is 6. The molecule has 4 saturated carbocycles. The fraction of sp³-hybridized carbons (Fsp3) is 0.860. The standard InChI is InChI=1S/C43H68O11/c1-12-22(2)36(50)53-33-23(3)51-37(32(49)31(33)48)54-34-35(52-24(4)45)43(21-44)26(19-38(34,5)6)25-13-14-28-40(9)17-16-29(46)39(7,8)27(40)15-18-41(28,10)42(25,11)20-30(43)47/h12-13,23,26-35,37,44,46-49H,14-21H2,1-11H3/b22-12-/t23-,26+,27+,28-,29+,30-,31-,32-,33+,34+,35+,37+,40+,41-,42-,43+/m1/s1. The molecule has 6 rings (SSSR count). The first-order valence-electron chi connectivity index (χ1n) is 20.3. The summed E-state index contributed by atoms with van der Waals surface area (Å²) in [4.78, 5) is 25.5. The van der Waals surface area contributed by atoms with Crippen molar-refractivity contribution in [2.75, 3.05) is 6.61 Å². The summed E-state index contributed by atoms with van der Waals surface area (Å²) < 4.78 is 24.4. The Morgan fingerprint density at radius 1 is 0.889 bits per heavy atom. The van der Waals surface area contributed by atoms with E-state index in [1.165, 1.54) is 12.5 Å². The van der Waals surface area contributed by atoms with Gasteiger partial charge in [-0.2, -0.15) is 0 Å². The maximum atomic E-state index is 13.0. The number of esters is 2. The quantitative estimate of drug-likeness (QED) is 0.107. The Hall–Kier alpha value is -1.86. The third-order valence-electron chi connectivity index (χ3n) is 16.7. The molecule has 5 aliphatic carbocycles. The maximum Gasteiger partial charge on any atom is 0.333 e. The molecular weight excluding hydrogens is 692 g/mol. The highest BCUT2D eigenvalue weighted by atomic mass is 16.7. The number of aliphatic hydroxyl groups excluding tert-OH is 5. The third kappa shape index (κ3) is 5.91. The Morgan fingerprint density at radius 3 is 2.17 bits per heavy atom. The highest BCUT2D eigenvalue weighted by molar-refractivity contribution is 5.87. The van der Waals surface area contributed by atoms with E-state index in [4.69, 9.17) is 18.9 Å². The molecule has 54 heavy (non-hydrogen) atoms. The van der Waals surface area contributed by atoms with Crippen molar-refractivity contribution < 1.29 is 54.1 Å². The highest BCUT2D eigenvalue weighted by Gasteiger charge is 2.73. The Balaban J connectivity index is 1.36. The molecule has 11 nitrogen and oxygen atoms in total.